The van der Waals surface area contributed by atoms with Crippen molar-refractivity contribution in [2.75, 3.05) is 5.32 Å². The molecule has 0 atom stereocenters. The number of anilines is 1. The van der Waals surface area contributed by atoms with Crippen molar-refractivity contribution in [3.8, 4) is 0 Å². The molecular formula is C22H25N3O2. The number of aromatic nitrogens is 1. The topological polar surface area (TPSA) is 63.1 Å². The Morgan fingerprint density at radius 3 is 2.41 bits per heavy atom. The molecule has 0 spiro atoms. The maximum absolute atomic E-state index is 12.8. The molecule has 2 aromatic carbocycles. The van der Waals surface area contributed by atoms with E-state index in [4.69, 9.17) is 0 Å². The fourth-order valence-electron chi connectivity index (χ4n) is 3.20. The number of para-hydroxylation sites is 1. The van der Waals surface area contributed by atoms with Gasteiger partial charge in [-0.15, -0.1) is 0 Å². The number of hydrogen-bond donors (Lipinski definition) is 2. The van der Waals surface area contributed by atoms with Crippen molar-refractivity contribution in [3.05, 3.63) is 65.9 Å². The van der Waals surface area contributed by atoms with E-state index < -0.39 is 0 Å². The molecule has 2 amide bonds. The summed E-state index contributed by atoms with van der Waals surface area (Å²) in [6, 6.07) is 17.4. The molecule has 0 fully saturated rings. The zero-order valence-electron chi connectivity index (χ0n) is 16.0. The third kappa shape index (κ3) is 4.37. The monoisotopic (exact) mass is 363 g/mol. The zero-order chi connectivity index (χ0) is 19.4. The van der Waals surface area contributed by atoms with Crippen LogP contribution >= 0.6 is 0 Å². The number of nitrogens with zero attached hydrogens (tertiary/aromatic N) is 1. The normalized spacial score (nSPS) is 11.0. The average Bonchev–Trinajstić information content (AvgIpc) is 3.01. The highest BCUT2D eigenvalue weighted by atomic mass is 16.2. The van der Waals surface area contributed by atoms with Gasteiger partial charge in [-0.2, -0.15) is 0 Å². The Balaban J connectivity index is 1.72. The predicted octanol–water partition coefficient (Wildman–Crippen LogP) is 3.98. The molecule has 5 nitrogen and oxygen atoms in total. The minimum Gasteiger partial charge on any atom is -0.354 e. The Labute approximate surface area is 159 Å². The highest BCUT2D eigenvalue weighted by Gasteiger charge is 2.14. The smallest absolute Gasteiger partial charge is 0.272 e. The first-order valence-electron chi connectivity index (χ1n) is 9.26. The Morgan fingerprint density at radius 2 is 1.74 bits per heavy atom. The van der Waals surface area contributed by atoms with Crippen LogP contribution in [-0.2, 0) is 17.8 Å². The molecule has 2 N–H and O–H groups in total. The molecule has 3 rings (SSSR count). The van der Waals surface area contributed by atoms with Crippen LogP contribution in [0.5, 0.6) is 0 Å². The summed E-state index contributed by atoms with van der Waals surface area (Å²) in [4.78, 5) is 24.6. The molecule has 0 radical (unpaired) electrons. The number of aryl methyl sites for hydroxylation is 1. The molecule has 0 bridgehead atoms. The number of amides is 2. The molecule has 0 unspecified atom stereocenters. The third-order valence-electron chi connectivity index (χ3n) is 4.39. The van der Waals surface area contributed by atoms with Gasteiger partial charge in [0.25, 0.3) is 5.91 Å². The summed E-state index contributed by atoms with van der Waals surface area (Å²) in [6.07, 6.45) is 0.330. The number of benzene rings is 2. The van der Waals surface area contributed by atoms with Gasteiger partial charge in [0.15, 0.2) is 0 Å². The van der Waals surface area contributed by atoms with E-state index in [1.54, 1.807) is 0 Å². The van der Waals surface area contributed by atoms with Crippen LogP contribution in [-0.4, -0.2) is 22.4 Å². The number of hydrogen-bond acceptors (Lipinski definition) is 2. The average molecular weight is 363 g/mol. The Kier molecular flexibility index (Phi) is 5.60. The van der Waals surface area contributed by atoms with Crippen molar-refractivity contribution in [2.24, 2.45) is 0 Å². The van der Waals surface area contributed by atoms with Gasteiger partial charge < -0.3 is 15.2 Å². The Morgan fingerprint density at radius 1 is 1.04 bits per heavy atom. The van der Waals surface area contributed by atoms with Crippen LogP contribution < -0.4 is 10.6 Å². The Bertz CT molecular complexity index is 955. The van der Waals surface area contributed by atoms with E-state index >= 15 is 0 Å². The third-order valence-corrected chi connectivity index (χ3v) is 4.39. The second-order valence-corrected chi connectivity index (χ2v) is 6.88. The van der Waals surface area contributed by atoms with Crippen molar-refractivity contribution in [1.82, 2.24) is 9.88 Å². The lowest BCUT2D eigenvalue weighted by Gasteiger charge is -2.10. The highest BCUT2D eigenvalue weighted by molar-refractivity contribution is 6.06. The summed E-state index contributed by atoms with van der Waals surface area (Å²) in [5, 5.41) is 6.87. The van der Waals surface area contributed by atoms with Crippen LogP contribution in [0.15, 0.2) is 54.6 Å². The van der Waals surface area contributed by atoms with E-state index in [-0.39, 0.29) is 17.9 Å². The number of carbonyl (C=O) groups is 2. The van der Waals surface area contributed by atoms with Crippen molar-refractivity contribution >= 4 is 28.4 Å². The van der Waals surface area contributed by atoms with E-state index in [1.807, 2.05) is 79.9 Å². The van der Waals surface area contributed by atoms with Crippen molar-refractivity contribution in [2.45, 2.75) is 39.8 Å². The van der Waals surface area contributed by atoms with Crippen LogP contribution in [0.2, 0.25) is 0 Å². The molecular weight excluding hydrogens is 338 g/mol. The fraction of sp³-hybridized carbons (Fsp3) is 0.273. The van der Waals surface area contributed by atoms with Gasteiger partial charge in [0.1, 0.15) is 5.69 Å². The maximum atomic E-state index is 12.8. The SMILES string of the molecule is CCn1c(C(=O)Nc2ccc(CC(=O)NC(C)C)cc2)cc2ccccc21. The van der Waals surface area contributed by atoms with E-state index in [9.17, 15) is 9.59 Å². The summed E-state index contributed by atoms with van der Waals surface area (Å²) in [5.74, 6) is -0.146. The minimum atomic E-state index is -0.140. The summed E-state index contributed by atoms with van der Waals surface area (Å²) in [6.45, 7) is 6.62. The van der Waals surface area contributed by atoms with Gasteiger partial charge in [-0.1, -0.05) is 30.3 Å². The second-order valence-electron chi connectivity index (χ2n) is 6.88. The molecule has 0 saturated carbocycles. The lowest BCUT2D eigenvalue weighted by Crippen LogP contribution is -2.31. The molecule has 0 saturated heterocycles. The summed E-state index contributed by atoms with van der Waals surface area (Å²) >= 11 is 0. The lowest BCUT2D eigenvalue weighted by molar-refractivity contribution is -0.120. The zero-order valence-corrected chi connectivity index (χ0v) is 16.0. The van der Waals surface area contributed by atoms with Gasteiger partial charge in [-0.3, -0.25) is 9.59 Å². The Hall–Kier alpha value is -3.08. The summed E-state index contributed by atoms with van der Waals surface area (Å²) in [5.41, 5.74) is 3.31. The molecule has 1 heterocycles. The molecule has 0 aliphatic carbocycles. The van der Waals surface area contributed by atoms with Crippen molar-refractivity contribution in [3.63, 3.8) is 0 Å². The van der Waals surface area contributed by atoms with E-state index in [0.717, 1.165) is 23.0 Å². The number of fused-ring (bicyclic) bond motifs is 1. The summed E-state index contributed by atoms with van der Waals surface area (Å²) < 4.78 is 2.01. The highest BCUT2D eigenvalue weighted by Crippen LogP contribution is 2.21. The largest absolute Gasteiger partial charge is 0.354 e. The fourth-order valence-corrected chi connectivity index (χ4v) is 3.20. The van der Waals surface area contributed by atoms with Gasteiger partial charge >= 0.3 is 0 Å². The molecule has 0 aliphatic rings. The second kappa shape index (κ2) is 8.08. The van der Waals surface area contributed by atoms with Crippen LogP contribution in [0.3, 0.4) is 0 Å². The maximum Gasteiger partial charge on any atom is 0.272 e. The van der Waals surface area contributed by atoms with Crippen LogP contribution in [0.4, 0.5) is 5.69 Å². The van der Waals surface area contributed by atoms with Crippen LogP contribution in [0.1, 0.15) is 36.8 Å². The van der Waals surface area contributed by atoms with Crippen LogP contribution in [0, 0.1) is 0 Å². The van der Waals surface area contributed by atoms with Gasteiger partial charge in [-0.05, 0) is 50.6 Å². The number of carbonyl (C=O) groups excluding carboxylic acids is 2. The minimum absolute atomic E-state index is 0.00533. The van der Waals surface area contributed by atoms with E-state index in [0.29, 0.717) is 17.8 Å². The van der Waals surface area contributed by atoms with Crippen LogP contribution in [0.25, 0.3) is 10.9 Å². The van der Waals surface area contributed by atoms with Crippen molar-refractivity contribution < 1.29 is 9.59 Å². The standard InChI is InChI=1S/C22H25N3O2/c1-4-25-19-8-6-5-7-17(19)14-20(25)22(27)24-18-11-9-16(10-12-18)13-21(26)23-15(2)3/h5-12,14-15H,4,13H2,1-3H3,(H,23,26)(H,24,27). The number of nitrogens with one attached hydrogen (secondary N) is 2. The van der Waals surface area contributed by atoms with Gasteiger partial charge in [0, 0.05) is 29.2 Å². The molecule has 27 heavy (non-hydrogen) atoms. The molecule has 140 valence electrons. The molecule has 3 aromatic rings. The first kappa shape index (κ1) is 18.7. The first-order chi connectivity index (χ1) is 13.0. The first-order valence-corrected chi connectivity index (χ1v) is 9.26. The number of rotatable bonds is 6. The van der Waals surface area contributed by atoms with Gasteiger partial charge in [0.05, 0.1) is 6.42 Å². The summed E-state index contributed by atoms with van der Waals surface area (Å²) in [7, 11) is 0. The van der Waals surface area contributed by atoms with Crippen molar-refractivity contribution in [1.29, 1.82) is 0 Å². The van der Waals surface area contributed by atoms with E-state index in [2.05, 4.69) is 10.6 Å². The molecule has 0 aliphatic heterocycles. The molecule has 1 aromatic heterocycles. The van der Waals surface area contributed by atoms with Gasteiger partial charge in [-0.25, -0.2) is 0 Å². The molecule has 5 heteroatoms. The van der Waals surface area contributed by atoms with Gasteiger partial charge in [0.2, 0.25) is 5.91 Å². The van der Waals surface area contributed by atoms with E-state index in [1.165, 1.54) is 0 Å². The quantitative estimate of drug-likeness (QED) is 0.696. The predicted molar refractivity (Wildman–Crippen MR) is 109 cm³/mol. The lowest BCUT2D eigenvalue weighted by atomic mass is 10.1.